The summed E-state index contributed by atoms with van der Waals surface area (Å²) in [5.74, 6) is -0.0449. The third kappa shape index (κ3) is 2.25. The molecule has 1 N–H and O–H groups in total. The number of H-pyrrole nitrogens is 1. The highest BCUT2D eigenvalue weighted by Gasteiger charge is 2.18. The van der Waals surface area contributed by atoms with E-state index in [9.17, 15) is 4.79 Å². The van der Waals surface area contributed by atoms with E-state index in [0.717, 1.165) is 22.2 Å². The fraction of sp³-hybridized carbons (Fsp3) is 0.0526. The Bertz CT molecular complexity index is 996. The number of hydrogen-bond acceptors (Lipinski definition) is 2. The molecular weight excluding hydrogens is 286 g/mol. The molecule has 0 fully saturated rings. The number of carbonyl (C=O) groups is 1. The molecule has 4 aromatic rings. The number of carbonyl (C=O) groups excluding carboxylic acids is 1. The smallest absolute Gasteiger partial charge is 0.212 e. The fourth-order valence-electron chi connectivity index (χ4n) is 2.86. The summed E-state index contributed by atoms with van der Waals surface area (Å²) in [5.41, 5.74) is 3.99. The molecule has 23 heavy (non-hydrogen) atoms. The van der Waals surface area contributed by atoms with Crippen LogP contribution in [-0.4, -0.2) is 20.5 Å². The molecule has 0 aliphatic rings. The van der Waals surface area contributed by atoms with Crippen molar-refractivity contribution in [1.29, 1.82) is 0 Å². The maximum atomic E-state index is 12.8. The van der Waals surface area contributed by atoms with E-state index in [1.165, 1.54) is 0 Å². The number of hydrogen-bond donors (Lipinski definition) is 1. The number of rotatable bonds is 3. The molecule has 0 atom stereocenters. The van der Waals surface area contributed by atoms with Gasteiger partial charge in [0, 0.05) is 35.3 Å². The first-order chi connectivity index (χ1) is 11.2. The zero-order valence-corrected chi connectivity index (χ0v) is 12.7. The van der Waals surface area contributed by atoms with Crippen molar-refractivity contribution in [1.82, 2.24) is 14.8 Å². The lowest BCUT2D eigenvalue weighted by atomic mass is 10.1. The van der Waals surface area contributed by atoms with Crippen LogP contribution in [0.25, 0.3) is 22.2 Å². The Hall–Kier alpha value is -3.14. The molecule has 4 rings (SSSR count). The van der Waals surface area contributed by atoms with Crippen LogP contribution in [0.2, 0.25) is 0 Å². The van der Waals surface area contributed by atoms with E-state index in [0.29, 0.717) is 11.3 Å². The molecule has 2 heterocycles. The maximum absolute atomic E-state index is 12.8. The molecule has 0 unspecified atom stereocenters. The molecular formula is C19H15N3O. The van der Waals surface area contributed by atoms with Gasteiger partial charge in [0.15, 0.2) is 0 Å². The molecule has 0 saturated heterocycles. The molecule has 0 spiro atoms. The molecule has 0 aliphatic heterocycles. The lowest BCUT2D eigenvalue weighted by molar-refractivity contribution is 0.103. The normalized spacial score (nSPS) is 11.0. The standard InChI is InChI=1S/C19H15N3O/c1-22-12-15(14-9-5-6-10-18(14)22)19(23)17-11-16(20-21-17)13-7-3-2-4-8-13/h2-12H,1H3,(H,20,21). The van der Waals surface area contributed by atoms with Crippen LogP contribution in [0.15, 0.2) is 66.9 Å². The number of aromatic nitrogens is 3. The van der Waals surface area contributed by atoms with Gasteiger partial charge in [0.25, 0.3) is 0 Å². The summed E-state index contributed by atoms with van der Waals surface area (Å²) in [6, 6.07) is 19.5. The Kier molecular flexibility index (Phi) is 3.08. The highest BCUT2D eigenvalue weighted by atomic mass is 16.1. The Morgan fingerprint density at radius 1 is 1.04 bits per heavy atom. The van der Waals surface area contributed by atoms with Crippen molar-refractivity contribution in [2.45, 2.75) is 0 Å². The Morgan fingerprint density at radius 2 is 1.78 bits per heavy atom. The Labute approximate surface area is 133 Å². The largest absolute Gasteiger partial charge is 0.350 e. The van der Waals surface area contributed by atoms with Gasteiger partial charge in [0.05, 0.1) is 5.69 Å². The van der Waals surface area contributed by atoms with Crippen molar-refractivity contribution >= 4 is 16.7 Å². The molecule has 112 valence electrons. The number of fused-ring (bicyclic) bond motifs is 1. The number of benzene rings is 2. The SMILES string of the molecule is Cn1cc(C(=O)c2cc(-c3ccccc3)n[nH]2)c2ccccc21. The van der Waals surface area contributed by atoms with Crippen LogP contribution in [0.5, 0.6) is 0 Å². The van der Waals surface area contributed by atoms with Gasteiger partial charge in [-0.2, -0.15) is 5.10 Å². The van der Waals surface area contributed by atoms with Crippen LogP contribution in [0.3, 0.4) is 0 Å². The first-order valence-electron chi connectivity index (χ1n) is 7.43. The van der Waals surface area contributed by atoms with E-state index in [2.05, 4.69) is 10.2 Å². The van der Waals surface area contributed by atoms with E-state index >= 15 is 0 Å². The van der Waals surface area contributed by atoms with Crippen LogP contribution < -0.4 is 0 Å². The van der Waals surface area contributed by atoms with E-state index in [1.54, 1.807) is 6.07 Å². The van der Waals surface area contributed by atoms with Crippen LogP contribution in [-0.2, 0) is 7.05 Å². The van der Waals surface area contributed by atoms with Gasteiger partial charge >= 0.3 is 0 Å². The number of aromatic amines is 1. The maximum Gasteiger partial charge on any atom is 0.212 e. The van der Waals surface area contributed by atoms with Crippen molar-refractivity contribution in [2.24, 2.45) is 7.05 Å². The highest BCUT2D eigenvalue weighted by Crippen LogP contribution is 2.24. The lowest BCUT2D eigenvalue weighted by Gasteiger charge is -1.95. The molecule has 0 saturated carbocycles. The van der Waals surface area contributed by atoms with Gasteiger partial charge in [0.2, 0.25) is 5.78 Å². The van der Waals surface area contributed by atoms with Crippen molar-refractivity contribution in [3.05, 3.63) is 78.1 Å². The highest BCUT2D eigenvalue weighted by molar-refractivity contribution is 6.15. The number of aryl methyl sites for hydroxylation is 1. The van der Waals surface area contributed by atoms with Gasteiger partial charge in [-0.05, 0) is 12.1 Å². The zero-order chi connectivity index (χ0) is 15.8. The molecule has 0 bridgehead atoms. The monoisotopic (exact) mass is 301 g/mol. The number of para-hydroxylation sites is 1. The minimum atomic E-state index is -0.0449. The lowest BCUT2D eigenvalue weighted by Crippen LogP contribution is -2.00. The topological polar surface area (TPSA) is 50.7 Å². The Morgan fingerprint density at radius 3 is 2.61 bits per heavy atom. The van der Waals surface area contributed by atoms with Crippen LogP contribution in [0.1, 0.15) is 16.1 Å². The molecule has 0 amide bonds. The first kappa shape index (κ1) is 13.5. The molecule has 0 radical (unpaired) electrons. The fourth-order valence-corrected chi connectivity index (χ4v) is 2.86. The predicted octanol–water partition coefficient (Wildman–Crippen LogP) is 3.80. The average Bonchev–Trinajstić information content (AvgIpc) is 3.21. The molecule has 0 aliphatic carbocycles. The third-order valence-electron chi connectivity index (χ3n) is 4.03. The zero-order valence-electron chi connectivity index (χ0n) is 12.7. The summed E-state index contributed by atoms with van der Waals surface area (Å²) in [7, 11) is 1.95. The molecule has 4 nitrogen and oxygen atoms in total. The van der Waals surface area contributed by atoms with Gasteiger partial charge < -0.3 is 4.57 Å². The van der Waals surface area contributed by atoms with Crippen LogP contribution in [0.4, 0.5) is 0 Å². The first-order valence-corrected chi connectivity index (χ1v) is 7.43. The van der Waals surface area contributed by atoms with Crippen molar-refractivity contribution < 1.29 is 4.79 Å². The minimum Gasteiger partial charge on any atom is -0.350 e. The Balaban J connectivity index is 1.76. The van der Waals surface area contributed by atoms with Gasteiger partial charge in [-0.1, -0.05) is 48.5 Å². The van der Waals surface area contributed by atoms with Gasteiger partial charge in [-0.25, -0.2) is 0 Å². The summed E-state index contributed by atoms with van der Waals surface area (Å²) >= 11 is 0. The summed E-state index contributed by atoms with van der Waals surface area (Å²) in [5, 5.41) is 8.09. The van der Waals surface area contributed by atoms with E-state index in [4.69, 9.17) is 0 Å². The number of nitrogens with one attached hydrogen (secondary N) is 1. The molecule has 4 heteroatoms. The second kappa shape index (κ2) is 5.25. The summed E-state index contributed by atoms with van der Waals surface area (Å²) in [4.78, 5) is 12.8. The summed E-state index contributed by atoms with van der Waals surface area (Å²) < 4.78 is 1.97. The van der Waals surface area contributed by atoms with Crippen molar-refractivity contribution in [3.63, 3.8) is 0 Å². The van der Waals surface area contributed by atoms with Crippen LogP contribution >= 0.6 is 0 Å². The second-order valence-corrected chi connectivity index (χ2v) is 5.53. The van der Waals surface area contributed by atoms with E-state index < -0.39 is 0 Å². The summed E-state index contributed by atoms with van der Waals surface area (Å²) in [6.07, 6.45) is 1.87. The van der Waals surface area contributed by atoms with Crippen molar-refractivity contribution in [3.8, 4) is 11.3 Å². The van der Waals surface area contributed by atoms with Gasteiger partial charge in [0.1, 0.15) is 5.69 Å². The minimum absolute atomic E-state index is 0.0449. The van der Waals surface area contributed by atoms with Gasteiger partial charge in [-0.3, -0.25) is 9.89 Å². The average molecular weight is 301 g/mol. The second-order valence-electron chi connectivity index (χ2n) is 5.53. The molecule has 2 aromatic heterocycles. The van der Waals surface area contributed by atoms with E-state index in [1.807, 2.05) is 72.4 Å². The molecule has 2 aromatic carbocycles. The van der Waals surface area contributed by atoms with Crippen LogP contribution in [0, 0.1) is 0 Å². The summed E-state index contributed by atoms with van der Waals surface area (Å²) in [6.45, 7) is 0. The predicted molar refractivity (Wildman–Crippen MR) is 90.4 cm³/mol. The quantitative estimate of drug-likeness (QED) is 0.585. The van der Waals surface area contributed by atoms with Gasteiger partial charge in [-0.15, -0.1) is 0 Å². The number of nitrogens with zero attached hydrogens (tertiary/aromatic N) is 2. The number of ketones is 1. The van der Waals surface area contributed by atoms with Crippen molar-refractivity contribution in [2.75, 3.05) is 0 Å². The van der Waals surface area contributed by atoms with E-state index in [-0.39, 0.29) is 5.78 Å². The third-order valence-corrected chi connectivity index (χ3v) is 4.03.